The first kappa shape index (κ1) is 13.4. The van der Waals surface area contributed by atoms with E-state index in [9.17, 15) is 13.2 Å². The van der Waals surface area contributed by atoms with Crippen molar-refractivity contribution in [1.29, 1.82) is 0 Å². The van der Waals surface area contributed by atoms with Crippen LogP contribution in [0.3, 0.4) is 0 Å². The van der Waals surface area contributed by atoms with Crippen LogP contribution in [0.15, 0.2) is 30.3 Å². The minimum absolute atomic E-state index is 0.0126. The van der Waals surface area contributed by atoms with E-state index >= 15 is 0 Å². The summed E-state index contributed by atoms with van der Waals surface area (Å²) in [6.45, 7) is 1.52. The quantitative estimate of drug-likeness (QED) is 0.757. The van der Waals surface area contributed by atoms with Gasteiger partial charge < -0.3 is 9.47 Å². The summed E-state index contributed by atoms with van der Waals surface area (Å²) in [5.41, 5.74) is 1.00. The Morgan fingerprint density at radius 1 is 1.28 bits per heavy atom. The summed E-state index contributed by atoms with van der Waals surface area (Å²) in [7, 11) is 0. The van der Waals surface area contributed by atoms with Gasteiger partial charge in [-0.3, -0.25) is 0 Å². The van der Waals surface area contributed by atoms with Crippen LogP contribution in [0.5, 0.6) is 0 Å². The normalized spacial score (nSPS) is 27.2. The van der Waals surface area contributed by atoms with Gasteiger partial charge in [-0.1, -0.05) is 30.3 Å². The lowest BCUT2D eigenvalue weighted by molar-refractivity contribution is -0.270. The Balaban J connectivity index is 1.93. The van der Waals surface area contributed by atoms with Gasteiger partial charge in [0.2, 0.25) is 0 Å². The van der Waals surface area contributed by atoms with Gasteiger partial charge in [0.15, 0.2) is 0 Å². The number of rotatable bonds is 5. The van der Waals surface area contributed by atoms with E-state index in [1.807, 2.05) is 30.3 Å². The van der Waals surface area contributed by atoms with Crippen molar-refractivity contribution < 1.29 is 22.6 Å². The van der Waals surface area contributed by atoms with Gasteiger partial charge in [0, 0.05) is 6.61 Å². The molecule has 18 heavy (non-hydrogen) atoms. The number of aryl methyl sites for hydroxylation is 1. The number of benzene rings is 1. The van der Waals surface area contributed by atoms with Crippen molar-refractivity contribution in [3.05, 3.63) is 35.9 Å². The fraction of sp³-hybridized carbons (Fsp3) is 0.538. The van der Waals surface area contributed by atoms with Crippen LogP contribution in [0, 0.1) is 0 Å². The molecule has 0 aromatic heterocycles. The predicted octanol–water partition coefficient (Wildman–Crippen LogP) is 3.31. The van der Waals surface area contributed by atoms with Gasteiger partial charge in [0.25, 0.3) is 5.79 Å². The fourth-order valence-electron chi connectivity index (χ4n) is 2.04. The summed E-state index contributed by atoms with van der Waals surface area (Å²) in [5, 5.41) is 0. The largest absolute Gasteiger partial charge is 0.446 e. The molecule has 0 bridgehead atoms. The van der Waals surface area contributed by atoms with Crippen LogP contribution in [0.25, 0.3) is 0 Å². The zero-order valence-electron chi connectivity index (χ0n) is 10.0. The summed E-state index contributed by atoms with van der Waals surface area (Å²) in [6.07, 6.45) is -4.50. The summed E-state index contributed by atoms with van der Waals surface area (Å²) in [4.78, 5) is 0. The van der Waals surface area contributed by atoms with E-state index in [1.54, 1.807) is 0 Å². The molecule has 0 amide bonds. The Kier molecular flexibility index (Phi) is 3.64. The molecule has 5 heteroatoms. The molecule has 0 saturated carbocycles. The average Bonchev–Trinajstić information content (AvgIpc) is 3.03. The third kappa shape index (κ3) is 2.52. The molecule has 0 radical (unpaired) electrons. The van der Waals surface area contributed by atoms with Crippen LogP contribution in [-0.4, -0.2) is 24.7 Å². The first-order chi connectivity index (χ1) is 8.49. The van der Waals surface area contributed by atoms with E-state index in [1.165, 1.54) is 6.92 Å². The van der Waals surface area contributed by atoms with Gasteiger partial charge in [-0.2, -0.15) is 13.2 Å². The molecule has 1 aromatic carbocycles. The second kappa shape index (κ2) is 4.90. The van der Waals surface area contributed by atoms with Crippen molar-refractivity contribution >= 4 is 0 Å². The van der Waals surface area contributed by atoms with Gasteiger partial charge in [0.05, 0.1) is 0 Å². The molecule has 1 aromatic rings. The monoisotopic (exact) mass is 260 g/mol. The molecule has 2 nitrogen and oxygen atoms in total. The number of hydrogen-bond donors (Lipinski definition) is 0. The fourth-order valence-corrected chi connectivity index (χ4v) is 2.04. The van der Waals surface area contributed by atoms with E-state index in [-0.39, 0.29) is 6.61 Å². The summed E-state index contributed by atoms with van der Waals surface area (Å²) >= 11 is 0. The maximum Gasteiger partial charge on any atom is 0.446 e. The zero-order chi connectivity index (χ0) is 13.2. The van der Waals surface area contributed by atoms with E-state index < -0.39 is 18.1 Å². The van der Waals surface area contributed by atoms with E-state index in [2.05, 4.69) is 0 Å². The summed E-state index contributed by atoms with van der Waals surface area (Å²) in [6, 6.07) is 9.37. The van der Waals surface area contributed by atoms with E-state index in [0.29, 0.717) is 12.8 Å². The van der Waals surface area contributed by atoms with E-state index in [0.717, 1.165) is 5.56 Å². The Labute approximate surface area is 104 Å². The molecule has 0 spiro atoms. The van der Waals surface area contributed by atoms with Gasteiger partial charge in [-0.15, -0.1) is 0 Å². The number of ether oxygens (including phenoxy) is 2. The minimum Gasteiger partial charge on any atom is -0.341 e. The Morgan fingerprint density at radius 2 is 1.94 bits per heavy atom. The minimum atomic E-state index is -4.47. The lowest BCUT2D eigenvalue weighted by atomic mass is 10.1. The van der Waals surface area contributed by atoms with Crippen molar-refractivity contribution in [2.45, 2.75) is 37.8 Å². The molecule has 1 fully saturated rings. The van der Waals surface area contributed by atoms with Gasteiger partial charge in [-0.05, 0) is 25.3 Å². The maximum atomic E-state index is 12.8. The van der Waals surface area contributed by atoms with Gasteiger partial charge >= 0.3 is 6.18 Å². The molecule has 2 rings (SSSR count). The topological polar surface area (TPSA) is 21.8 Å². The van der Waals surface area contributed by atoms with Crippen LogP contribution in [0.1, 0.15) is 18.9 Å². The summed E-state index contributed by atoms with van der Waals surface area (Å²) in [5.74, 6) is -2.36. The molecule has 1 saturated heterocycles. The van der Waals surface area contributed by atoms with Crippen LogP contribution in [-0.2, 0) is 15.9 Å². The number of alkyl halides is 3. The van der Waals surface area contributed by atoms with Crippen molar-refractivity contribution in [2.75, 3.05) is 6.61 Å². The highest BCUT2D eigenvalue weighted by Crippen LogP contribution is 2.52. The second-order valence-corrected chi connectivity index (χ2v) is 4.23. The first-order valence-electron chi connectivity index (χ1n) is 5.92. The standard InChI is InChI=1S/C13H15F3O2/c1-2-17-12(13(14,15)16)11(18-12)9-8-10-6-4-3-5-7-10/h3-7,11H,2,8-9H2,1H3/t11-,12+/m0/s1. The molecule has 1 heterocycles. The molecule has 2 atom stereocenters. The molecule has 1 aliphatic heterocycles. The van der Waals surface area contributed by atoms with Crippen molar-refractivity contribution in [3.63, 3.8) is 0 Å². The van der Waals surface area contributed by atoms with Crippen molar-refractivity contribution in [3.8, 4) is 0 Å². The highest BCUT2D eigenvalue weighted by molar-refractivity contribution is 5.15. The highest BCUT2D eigenvalue weighted by atomic mass is 19.4. The Hall–Kier alpha value is -1.07. The lowest BCUT2D eigenvalue weighted by Crippen LogP contribution is -2.38. The molecule has 100 valence electrons. The lowest BCUT2D eigenvalue weighted by Gasteiger charge is -2.16. The summed E-state index contributed by atoms with van der Waals surface area (Å²) < 4.78 is 48.0. The second-order valence-electron chi connectivity index (χ2n) is 4.23. The highest BCUT2D eigenvalue weighted by Gasteiger charge is 2.74. The smallest absolute Gasteiger partial charge is 0.341 e. The van der Waals surface area contributed by atoms with Crippen LogP contribution in [0.4, 0.5) is 13.2 Å². The SMILES string of the molecule is CCO[C@@]1(C(F)(F)F)O[C@H]1CCc1ccccc1. The van der Waals surface area contributed by atoms with Gasteiger partial charge in [0.1, 0.15) is 6.10 Å². The zero-order valence-corrected chi connectivity index (χ0v) is 10.0. The molecular weight excluding hydrogens is 245 g/mol. The predicted molar refractivity (Wildman–Crippen MR) is 60.0 cm³/mol. The Bertz CT molecular complexity index is 391. The van der Waals surface area contributed by atoms with Crippen LogP contribution >= 0.6 is 0 Å². The van der Waals surface area contributed by atoms with Crippen molar-refractivity contribution in [1.82, 2.24) is 0 Å². The Morgan fingerprint density at radius 3 is 2.50 bits per heavy atom. The maximum absolute atomic E-state index is 12.8. The van der Waals surface area contributed by atoms with Crippen LogP contribution < -0.4 is 0 Å². The molecule has 0 N–H and O–H groups in total. The van der Waals surface area contributed by atoms with E-state index in [4.69, 9.17) is 9.47 Å². The van der Waals surface area contributed by atoms with Crippen LogP contribution in [0.2, 0.25) is 0 Å². The number of hydrogen-bond acceptors (Lipinski definition) is 2. The van der Waals surface area contributed by atoms with Gasteiger partial charge in [-0.25, -0.2) is 0 Å². The third-order valence-corrected chi connectivity index (χ3v) is 2.98. The average molecular weight is 260 g/mol. The molecule has 1 aliphatic rings. The first-order valence-corrected chi connectivity index (χ1v) is 5.92. The number of epoxide rings is 1. The number of halogens is 3. The molecule has 0 aliphatic carbocycles. The molecular formula is C13H15F3O2. The third-order valence-electron chi connectivity index (χ3n) is 2.98. The molecule has 0 unspecified atom stereocenters. The van der Waals surface area contributed by atoms with Crippen molar-refractivity contribution in [2.24, 2.45) is 0 Å².